The molecule has 0 spiro atoms. The van der Waals surface area contributed by atoms with Crippen molar-refractivity contribution >= 4 is 15.7 Å². The Labute approximate surface area is 126 Å². The predicted molar refractivity (Wildman–Crippen MR) is 83.9 cm³/mol. The maximum Gasteiger partial charge on any atom is 0.243 e. The molecule has 0 aromatic heterocycles. The third-order valence-corrected chi connectivity index (χ3v) is 6.26. The maximum absolute atomic E-state index is 12.5. The van der Waals surface area contributed by atoms with Gasteiger partial charge in [0.25, 0.3) is 0 Å². The molecule has 2 aliphatic rings. The van der Waals surface area contributed by atoms with E-state index in [4.69, 9.17) is 5.73 Å². The van der Waals surface area contributed by atoms with Gasteiger partial charge in [-0.25, -0.2) is 8.42 Å². The van der Waals surface area contributed by atoms with Gasteiger partial charge in [-0.1, -0.05) is 0 Å². The Kier molecular flexibility index (Phi) is 4.19. The molecule has 1 aromatic rings. The number of nitrogens with zero attached hydrogens (tertiary/aromatic N) is 2. The highest BCUT2D eigenvalue weighted by molar-refractivity contribution is 7.89. The predicted octanol–water partition coefficient (Wildman–Crippen LogP) is 1.40. The highest BCUT2D eigenvalue weighted by Gasteiger charge is 2.30. The average Bonchev–Trinajstić information content (AvgIpc) is 2.96. The van der Waals surface area contributed by atoms with Crippen LogP contribution in [-0.4, -0.2) is 44.9 Å². The van der Waals surface area contributed by atoms with Gasteiger partial charge in [0.05, 0.1) is 4.90 Å². The van der Waals surface area contributed by atoms with Crippen LogP contribution in [0, 0.1) is 0 Å². The number of sulfonamides is 1. The van der Waals surface area contributed by atoms with Gasteiger partial charge in [0, 0.05) is 37.9 Å². The minimum atomic E-state index is -3.38. The molecule has 1 atom stereocenters. The van der Waals surface area contributed by atoms with Crippen molar-refractivity contribution in [3.63, 3.8) is 0 Å². The zero-order valence-corrected chi connectivity index (χ0v) is 13.1. The lowest BCUT2D eigenvalue weighted by molar-refractivity contribution is 0.472. The van der Waals surface area contributed by atoms with Gasteiger partial charge in [0.15, 0.2) is 0 Å². The van der Waals surface area contributed by atoms with Gasteiger partial charge in [-0.2, -0.15) is 4.31 Å². The van der Waals surface area contributed by atoms with Crippen LogP contribution < -0.4 is 10.6 Å². The molecule has 5 nitrogen and oxygen atoms in total. The molecule has 0 radical (unpaired) electrons. The third kappa shape index (κ3) is 3.07. The number of nitrogens with two attached hydrogens (primary N) is 1. The molecule has 0 aliphatic carbocycles. The zero-order valence-electron chi connectivity index (χ0n) is 12.2. The van der Waals surface area contributed by atoms with E-state index < -0.39 is 10.0 Å². The molecular weight excluding hydrogens is 286 g/mol. The lowest BCUT2D eigenvalue weighted by atomic mass is 10.1. The lowest BCUT2D eigenvalue weighted by Crippen LogP contribution is -2.32. The molecule has 3 rings (SSSR count). The van der Waals surface area contributed by atoms with Gasteiger partial charge in [0.2, 0.25) is 10.0 Å². The maximum atomic E-state index is 12.5. The number of piperidine rings is 1. The molecule has 2 N–H and O–H groups in total. The number of hydrogen-bond acceptors (Lipinski definition) is 4. The van der Waals surface area contributed by atoms with Crippen LogP contribution in [0.1, 0.15) is 25.7 Å². The molecule has 6 heteroatoms. The molecule has 2 heterocycles. The van der Waals surface area contributed by atoms with Crippen molar-refractivity contribution < 1.29 is 8.42 Å². The van der Waals surface area contributed by atoms with E-state index in [1.165, 1.54) is 23.6 Å². The van der Waals surface area contributed by atoms with E-state index in [0.717, 1.165) is 25.2 Å². The van der Waals surface area contributed by atoms with Crippen molar-refractivity contribution in [2.24, 2.45) is 5.73 Å². The molecule has 0 bridgehead atoms. The summed E-state index contributed by atoms with van der Waals surface area (Å²) >= 11 is 0. The SMILES string of the molecule is NC1CCN(S(=O)(=O)c2ccc(N3CCCCC3)cc2)C1. The molecule has 116 valence electrons. The van der Waals surface area contributed by atoms with Gasteiger partial charge >= 0.3 is 0 Å². The lowest BCUT2D eigenvalue weighted by Gasteiger charge is -2.29. The van der Waals surface area contributed by atoms with Crippen molar-refractivity contribution in [1.82, 2.24) is 4.31 Å². The topological polar surface area (TPSA) is 66.6 Å². The van der Waals surface area contributed by atoms with Crippen LogP contribution in [0.15, 0.2) is 29.2 Å². The average molecular weight is 309 g/mol. The summed E-state index contributed by atoms with van der Waals surface area (Å²) in [6.45, 7) is 3.08. The number of benzene rings is 1. The summed E-state index contributed by atoms with van der Waals surface area (Å²) < 4.78 is 26.5. The van der Waals surface area contributed by atoms with E-state index in [9.17, 15) is 8.42 Å². The zero-order chi connectivity index (χ0) is 14.9. The van der Waals surface area contributed by atoms with E-state index in [1.54, 1.807) is 12.1 Å². The summed E-state index contributed by atoms with van der Waals surface area (Å²) in [5.41, 5.74) is 6.93. The highest BCUT2D eigenvalue weighted by Crippen LogP contribution is 2.25. The van der Waals surface area contributed by atoms with E-state index in [2.05, 4.69) is 4.90 Å². The Balaban J connectivity index is 1.77. The highest BCUT2D eigenvalue weighted by atomic mass is 32.2. The van der Waals surface area contributed by atoms with Crippen LogP contribution in [0.4, 0.5) is 5.69 Å². The van der Waals surface area contributed by atoms with E-state index in [1.807, 2.05) is 12.1 Å². The Morgan fingerprint density at radius 1 is 1.00 bits per heavy atom. The van der Waals surface area contributed by atoms with Gasteiger partial charge < -0.3 is 10.6 Å². The van der Waals surface area contributed by atoms with Crippen molar-refractivity contribution in [2.45, 2.75) is 36.6 Å². The fourth-order valence-electron chi connectivity index (χ4n) is 3.10. The number of hydrogen-bond donors (Lipinski definition) is 1. The van der Waals surface area contributed by atoms with Crippen LogP contribution in [-0.2, 0) is 10.0 Å². The minimum absolute atomic E-state index is 0.0348. The van der Waals surface area contributed by atoms with Gasteiger partial charge in [-0.05, 0) is 49.9 Å². The van der Waals surface area contributed by atoms with Crippen LogP contribution in [0.25, 0.3) is 0 Å². The first-order chi connectivity index (χ1) is 10.1. The van der Waals surface area contributed by atoms with Crippen molar-refractivity contribution in [2.75, 3.05) is 31.1 Å². The molecule has 1 aromatic carbocycles. The van der Waals surface area contributed by atoms with Crippen molar-refractivity contribution in [3.8, 4) is 0 Å². The number of rotatable bonds is 3. The molecule has 0 saturated carbocycles. The quantitative estimate of drug-likeness (QED) is 0.916. The Hall–Kier alpha value is -1.11. The molecule has 2 fully saturated rings. The standard InChI is InChI=1S/C15H23N3O2S/c16-13-8-11-18(12-13)21(19,20)15-6-4-14(5-7-15)17-9-2-1-3-10-17/h4-7,13H,1-3,8-12,16H2. The summed E-state index contributed by atoms with van der Waals surface area (Å²) in [6, 6.07) is 7.27. The summed E-state index contributed by atoms with van der Waals surface area (Å²) in [7, 11) is -3.38. The fourth-order valence-corrected chi connectivity index (χ4v) is 4.61. The Morgan fingerprint density at radius 2 is 1.67 bits per heavy atom. The van der Waals surface area contributed by atoms with Crippen LogP contribution in [0.3, 0.4) is 0 Å². The first-order valence-corrected chi connectivity index (χ1v) is 9.12. The van der Waals surface area contributed by atoms with Crippen LogP contribution >= 0.6 is 0 Å². The second-order valence-corrected chi connectivity index (χ2v) is 7.89. The van der Waals surface area contributed by atoms with Gasteiger partial charge in [0.1, 0.15) is 0 Å². The van der Waals surface area contributed by atoms with E-state index in [-0.39, 0.29) is 6.04 Å². The van der Waals surface area contributed by atoms with Crippen LogP contribution in [0.5, 0.6) is 0 Å². The summed E-state index contributed by atoms with van der Waals surface area (Å²) in [5, 5.41) is 0. The number of anilines is 1. The molecule has 21 heavy (non-hydrogen) atoms. The first-order valence-electron chi connectivity index (χ1n) is 7.68. The van der Waals surface area contributed by atoms with Gasteiger partial charge in [-0.3, -0.25) is 0 Å². The second kappa shape index (κ2) is 5.94. The summed E-state index contributed by atoms with van der Waals surface area (Å²) in [4.78, 5) is 2.70. The normalized spacial score (nSPS) is 24.4. The molecule has 0 amide bonds. The minimum Gasteiger partial charge on any atom is -0.372 e. The largest absolute Gasteiger partial charge is 0.372 e. The molecule has 2 aliphatic heterocycles. The van der Waals surface area contributed by atoms with Gasteiger partial charge in [-0.15, -0.1) is 0 Å². The molecule has 2 saturated heterocycles. The molecule has 1 unspecified atom stereocenters. The van der Waals surface area contributed by atoms with Crippen molar-refractivity contribution in [3.05, 3.63) is 24.3 Å². The third-order valence-electron chi connectivity index (χ3n) is 4.38. The Bertz CT molecular complexity index is 579. The van der Waals surface area contributed by atoms with E-state index >= 15 is 0 Å². The fraction of sp³-hybridized carbons (Fsp3) is 0.600. The first kappa shape index (κ1) is 14.8. The van der Waals surface area contributed by atoms with E-state index in [0.29, 0.717) is 18.0 Å². The summed E-state index contributed by atoms with van der Waals surface area (Å²) in [5.74, 6) is 0. The Morgan fingerprint density at radius 3 is 2.24 bits per heavy atom. The van der Waals surface area contributed by atoms with Crippen LogP contribution in [0.2, 0.25) is 0 Å². The second-order valence-electron chi connectivity index (χ2n) is 5.95. The smallest absolute Gasteiger partial charge is 0.243 e. The van der Waals surface area contributed by atoms with Crippen molar-refractivity contribution in [1.29, 1.82) is 0 Å². The molecular formula is C15H23N3O2S. The summed E-state index contributed by atoms with van der Waals surface area (Å²) in [6.07, 6.45) is 4.46. The monoisotopic (exact) mass is 309 g/mol.